The van der Waals surface area contributed by atoms with E-state index in [2.05, 4.69) is 20.8 Å². The van der Waals surface area contributed by atoms with Crippen LogP contribution in [0.5, 0.6) is 0 Å². The molecule has 1 unspecified atom stereocenters. The summed E-state index contributed by atoms with van der Waals surface area (Å²) < 4.78 is 0. The van der Waals surface area contributed by atoms with Crippen LogP contribution < -0.4 is 0 Å². The second-order valence-corrected chi connectivity index (χ2v) is 2.62. The average Bonchev–Trinajstić information content (AvgIpc) is 1.67. The van der Waals surface area contributed by atoms with Crippen molar-refractivity contribution in [2.45, 2.75) is 27.2 Å². The molecular weight excluding hydrogens is 100 g/mol. The molecule has 0 rings (SSSR count). The van der Waals surface area contributed by atoms with Crippen LogP contribution in [0.3, 0.4) is 0 Å². The van der Waals surface area contributed by atoms with Gasteiger partial charge in [0.05, 0.1) is 0 Å². The number of carbonyl (C=O) groups is 1. The molecule has 0 aromatic carbocycles. The fourth-order valence-corrected chi connectivity index (χ4v) is 0.424. The summed E-state index contributed by atoms with van der Waals surface area (Å²) in [6.07, 6.45) is 1.70. The Morgan fingerprint density at radius 2 is 1.88 bits per heavy atom. The standard InChI is InChI=1S/C7H14O/c1-6(2)7(3)4-5-8/h5-7H,4H2,1-3H3. The first kappa shape index (κ1) is 7.67. The van der Waals surface area contributed by atoms with Crippen LogP contribution in [0.2, 0.25) is 0 Å². The Morgan fingerprint density at radius 1 is 1.38 bits per heavy atom. The van der Waals surface area contributed by atoms with Gasteiger partial charge in [0.2, 0.25) is 0 Å². The normalized spacial score (nSPS) is 14.0. The van der Waals surface area contributed by atoms with Gasteiger partial charge in [-0.15, -0.1) is 0 Å². The molecule has 1 nitrogen and oxygen atoms in total. The summed E-state index contributed by atoms with van der Waals surface area (Å²) in [5.74, 6) is 1.19. The minimum Gasteiger partial charge on any atom is -0.303 e. The highest BCUT2D eigenvalue weighted by atomic mass is 16.1. The van der Waals surface area contributed by atoms with Gasteiger partial charge in [0, 0.05) is 6.42 Å². The summed E-state index contributed by atoms with van der Waals surface area (Å²) in [5, 5.41) is 0. The van der Waals surface area contributed by atoms with Crippen LogP contribution in [0.4, 0.5) is 0 Å². The van der Waals surface area contributed by atoms with Crippen molar-refractivity contribution in [3.63, 3.8) is 0 Å². The molecule has 0 aliphatic rings. The highest BCUT2D eigenvalue weighted by Gasteiger charge is 2.03. The topological polar surface area (TPSA) is 17.1 Å². The van der Waals surface area contributed by atoms with Crippen molar-refractivity contribution >= 4 is 6.29 Å². The molecule has 0 spiro atoms. The smallest absolute Gasteiger partial charge is 0.120 e. The number of hydrogen-bond acceptors (Lipinski definition) is 1. The van der Waals surface area contributed by atoms with Crippen molar-refractivity contribution in [2.24, 2.45) is 11.8 Å². The van der Waals surface area contributed by atoms with Gasteiger partial charge in [-0.2, -0.15) is 0 Å². The van der Waals surface area contributed by atoms with E-state index in [9.17, 15) is 4.79 Å². The number of aldehydes is 1. The second-order valence-electron chi connectivity index (χ2n) is 2.62. The van der Waals surface area contributed by atoms with Crippen LogP contribution in [0.15, 0.2) is 0 Å². The van der Waals surface area contributed by atoms with Gasteiger partial charge >= 0.3 is 0 Å². The highest BCUT2D eigenvalue weighted by Crippen LogP contribution is 2.11. The van der Waals surface area contributed by atoms with Crippen molar-refractivity contribution in [3.05, 3.63) is 0 Å². The Bertz CT molecular complexity index is 66.8. The summed E-state index contributed by atoms with van der Waals surface area (Å²) >= 11 is 0. The zero-order valence-electron chi connectivity index (χ0n) is 5.85. The van der Waals surface area contributed by atoms with Gasteiger partial charge in [-0.05, 0) is 11.8 Å². The number of rotatable bonds is 3. The lowest BCUT2D eigenvalue weighted by Crippen LogP contribution is -2.03. The zero-order chi connectivity index (χ0) is 6.57. The minimum atomic E-state index is 0.549. The van der Waals surface area contributed by atoms with Gasteiger partial charge in [-0.1, -0.05) is 20.8 Å². The van der Waals surface area contributed by atoms with E-state index in [1.165, 1.54) is 0 Å². The summed E-state index contributed by atoms with van der Waals surface area (Å²) in [6.45, 7) is 6.36. The van der Waals surface area contributed by atoms with Crippen LogP contribution in [0, 0.1) is 11.8 Å². The quantitative estimate of drug-likeness (QED) is 0.512. The van der Waals surface area contributed by atoms with Gasteiger partial charge in [0.25, 0.3) is 0 Å². The molecule has 0 saturated heterocycles. The van der Waals surface area contributed by atoms with Gasteiger partial charge < -0.3 is 4.79 Å². The van der Waals surface area contributed by atoms with Crippen molar-refractivity contribution in [3.8, 4) is 0 Å². The van der Waals surface area contributed by atoms with E-state index >= 15 is 0 Å². The van der Waals surface area contributed by atoms with Gasteiger partial charge in [0.1, 0.15) is 6.29 Å². The maximum atomic E-state index is 9.92. The molecule has 48 valence electrons. The van der Waals surface area contributed by atoms with Crippen molar-refractivity contribution < 1.29 is 4.79 Å². The molecule has 0 bridgehead atoms. The zero-order valence-corrected chi connectivity index (χ0v) is 5.85. The Kier molecular flexibility index (Phi) is 3.49. The molecule has 0 fully saturated rings. The third-order valence-electron chi connectivity index (χ3n) is 1.61. The Hall–Kier alpha value is -0.330. The van der Waals surface area contributed by atoms with Crippen molar-refractivity contribution in [1.82, 2.24) is 0 Å². The molecule has 0 N–H and O–H groups in total. The lowest BCUT2D eigenvalue weighted by Gasteiger charge is -2.09. The van der Waals surface area contributed by atoms with Gasteiger partial charge in [-0.3, -0.25) is 0 Å². The fourth-order valence-electron chi connectivity index (χ4n) is 0.424. The van der Waals surface area contributed by atoms with Gasteiger partial charge in [0.15, 0.2) is 0 Å². The Balaban J connectivity index is 3.30. The van der Waals surface area contributed by atoms with E-state index in [1.807, 2.05) is 0 Å². The molecule has 0 radical (unpaired) electrons. The van der Waals surface area contributed by atoms with Crippen LogP contribution in [0.1, 0.15) is 27.2 Å². The second kappa shape index (κ2) is 3.65. The van der Waals surface area contributed by atoms with Crippen LogP contribution >= 0.6 is 0 Å². The maximum absolute atomic E-state index is 9.92. The van der Waals surface area contributed by atoms with Crippen molar-refractivity contribution in [1.29, 1.82) is 0 Å². The monoisotopic (exact) mass is 114 g/mol. The molecule has 0 heterocycles. The molecule has 0 aromatic heterocycles. The van der Waals surface area contributed by atoms with Crippen LogP contribution in [-0.4, -0.2) is 6.29 Å². The first-order valence-electron chi connectivity index (χ1n) is 3.12. The molecule has 1 heteroatoms. The Morgan fingerprint density at radius 3 is 2.00 bits per heavy atom. The van der Waals surface area contributed by atoms with E-state index in [0.29, 0.717) is 18.3 Å². The molecular formula is C7H14O. The summed E-state index contributed by atoms with van der Waals surface area (Å²) in [6, 6.07) is 0. The SMILES string of the molecule is CC(C)C(C)CC=O. The van der Waals surface area contributed by atoms with Gasteiger partial charge in [-0.25, -0.2) is 0 Å². The van der Waals surface area contributed by atoms with E-state index in [4.69, 9.17) is 0 Å². The van der Waals surface area contributed by atoms with Crippen molar-refractivity contribution in [2.75, 3.05) is 0 Å². The predicted molar refractivity (Wildman–Crippen MR) is 34.7 cm³/mol. The van der Waals surface area contributed by atoms with Crippen LogP contribution in [0.25, 0.3) is 0 Å². The first-order valence-corrected chi connectivity index (χ1v) is 3.12. The van der Waals surface area contributed by atoms with E-state index in [-0.39, 0.29) is 0 Å². The van der Waals surface area contributed by atoms with Crippen LogP contribution in [-0.2, 0) is 4.79 Å². The minimum absolute atomic E-state index is 0.549. The Labute approximate surface area is 51.1 Å². The number of carbonyl (C=O) groups excluding carboxylic acids is 1. The molecule has 1 atom stereocenters. The molecule has 8 heavy (non-hydrogen) atoms. The fraction of sp³-hybridized carbons (Fsp3) is 0.857. The molecule has 0 saturated carbocycles. The largest absolute Gasteiger partial charge is 0.303 e. The molecule has 0 aromatic rings. The first-order chi connectivity index (χ1) is 3.68. The lowest BCUT2D eigenvalue weighted by atomic mass is 9.96. The van der Waals surface area contributed by atoms with E-state index < -0.39 is 0 Å². The maximum Gasteiger partial charge on any atom is 0.120 e. The molecule has 0 aliphatic heterocycles. The summed E-state index contributed by atoms with van der Waals surface area (Å²) in [7, 11) is 0. The van der Waals surface area contributed by atoms with E-state index in [1.54, 1.807) is 0 Å². The van der Waals surface area contributed by atoms with E-state index in [0.717, 1.165) is 6.29 Å². The lowest BCUT2D eigenvalue weighted by molar-refractivity contribution is -0.108. The molecule has 0 amide bonds. The molecule has 0 aliphatic carbocycles. The predicted octanol–water partition coefficient (Wildman–Crippen LogP) is 1.87. The average molecular weight is 114 g/mol. The summed E-state index contributed by atoms with van der Waals surface area (Å²) in [4.78, 5) is 9.92. The third-order valence-corrected chi connectivity index (χ3v) is 1.61. The third kappa shape index (κ3) is 2.78. The highest BCUT2D eigenvalue weighted by molar-refractivity contribution is 5.49. The summed E-state index contributed by atoms with van der Waals surface area (Å²) in [5.41, 5.74) is 0. The number of hydrogen-bond donors (Lipinski definition) is 0.